The van der Waals surface area contributed by atoms with E-state index in [0.717, 1.165) is 5.56 Å². The molecule has 1 aliphatic carbocycles. The Bertz CT molecular complexity index is 478. The number of aliphatic hydroxyl groups excluding tert-OH is 1. The quantitative estimate of drug-likeness (QED) is 0.824. The van der Waals surface area contributed by atoms with Crippen molar-refractivity contribution >= 4 is 10.0 Å². The summed E-state index contributed by atoms with van der Waals surface area (Å²) in [5.74, 6) is 0.161. The zero-order chi connectivity index (χ0) is 11.8. The minimum atomic E-state index is -3.40. The lowest BCUT2D eigenvalue weighted by Crippen LogP contribution is -2.29. The molecule has 2 N–H and O–H groups in total. The van der Waals surface area contributed by atoms with Crippen LogP contribution in [0.15, 0.2) is 29.2 Å². The highest BCUT2D eigenvalue weighted by Gasteiger charge is 2.32. The maximum atomic E-state index is 11.8. The van der Waals surface area contributed by atoms with Gasteiger partial charge in [-0.05, 0) is 37.4 Å². The van der Waals surface area contributed by atoms with E-state index in [1.54, 1.807) is 12.1 Å². The largest absolute Gasteiger partial charge is 0.393 e. The molecule has 0 aliphatic heterocycles. The topological polar surface area (TPSA) is 66.4 Å². The smallest absolute Gasteiger partial charge is 0.240 e. The molecule has 4 nitrogen and oxygen atoms in total. The molecule has 16 heavy (non-hydrogen) atoms. The lowest BCUT2D eigenvalue weighted by Gasteiger charge is -2.32. The van der Waals surface area contributed by atoms with Gasteiger partial charge in [0.2, 0.25) is 10.0 Å². The van der Waals surface area contributed by atoms with Crippen LogP contribution in [0.4, 0.5) is 0 Å². The summed E-state index contributed by atoms with van der Waals surface area (Å²) in [6, 6.07) is 6.96. The normalized spacial score (nSPS) is 25.1. The van der Waals surface area contributed by atoms with Gasteiger partial charge in [0.1, 0.15) is 0 Å². The molecule has 0 unspecified atom stereocenters. The van der Waals surface area contributed by atoms with E-state index >= 15 is 0 Å². The Morgan fingerprint density at radius 1 is 1.31 bits per heavy atom. The molecular formula is C11H15NO3S. The fraction of sp³-hybridized carbons (Fsp3) is 0.455. The molecule has 0 amide bonds. The van der Waals surface area contributed by atoms with E-state index in [2.05, 4.69) is 4.72 Å². The molecule has 0 heterocycles. The van der Waals surface area contributed by atoms with Gasteiger partial charge in [0.05, 0.1) is 11.0 Å². The zero-order valence-corrected chi connectivity index (χ0v) is 9.87. The van der Waals surface area contributed by atoms with Crippen LogP contribution in [-0.4, -0.2) is 26.7 Å². The number of aliphatic hydroxyl groups is 1. The SMILES string of the molecule is CNS(=O)(=O)c1ccccc1C1CC(O)C1. The number of hydrogen-bond acceptors (Lipinski definition) is 3. The van der Waals surface area contributed by atoms with Gasteiger partial charge in [-0.25, -0.2) is 13.1 Å². The van der Waals surface area contributed by atoms with Gasteiger partial charge < -0.3 is 5.11 Å². The summed E-state index contributed by atoms with van der Waals surface area (Å²) in [5, 5.41) is 9.27. The van der Waals surface area contributed by atoms with Crippen LogP contribution in [0.1, 0.15) is 24.3 Å². The van der Waals surface area contributed by atoms with Crippen LogP contribution in [0.3, 0.4) is 0 Å². The van der Waals surface area contributed by atoms with Gasteiger partial charge in [0, 0.05) is 0 Å². The molecule has 0 spiro atoms. The summed E-state index contributed by atoms with van der Waals surface area (Å²) in [4.78, 5) is 0.328. The van der Waals surface area contributed by atoms with Gasteiger partial charge in [-0.1, -0.05) is 18.2 Å². The average Bonchev–Trinajstić information content (AvgIpc) is 2.25. The Kier molecular flexibility index (Phi) is 3.01. The molecule has 5 heteroatoms. The predicted molar refractivity (Wildman–Crippen MR) is 60.7 cm³/mol. The third-order valence-corrected chi connectivity index (χ3v) is 4.52. The third kappa shape index (κ3) is 1.98. The average molecular weight is 241 g/mol. The highest BCUT2D eigenvalue weighted by atomic mass is 32.2. The van der Waals surface area contributed by atoms with Gasteiger partial charge in [-0.2, -0.15) is 0 Å². The van der Waals surface area contributed by atoms with Gasteiger partial charge in [0.25, 0.3) is 0 Å². The molecule has 1 aliphatic rings. The molecule has 2 rings (SSSR count). The first-order valence-electron chi connectivity index (χ1n) is 5.25. The first-order chi connectivity index (χ1) is 7.54. The number of benzene rings is 1. The maximum absolute atomic E-state index is 11.8. The van der Waals surface area contributed by atoms with E-state index in [4.69, 9.17) is 0 Å². The van der Waals surface area contributed by atoms with Crippen LogP contribution in [0.2, 0.25) is 0 Å². The summed E-state index contributed by atoms with van der Waals surface area (Å²) in [7, 11) is -1.99. The molecular weight excluding hydrogens is 226 g/mol. The molecule has 1 saturated carbocycles. The lowest BCUT2D eigenvalue weighted by atomic mass is 9.78. The summed E-state index contributed by atoms with van der Waals surface area (Å²) in [6.45, 7) is 0. The minimum absolute atomic E-state index is 0.161. The molecule has 88 valence electrons. The number of sulfonamides is 1. The Balaban J connectivity index is 2.39. The van der Waals surface area contributed by atoms with Crippen molar-refractivity contribution in [3.05, 3.63) is 29.8 Å². The molecule has 1 fully saturated rings. The number of nitrogens with one attached hydrogen (secondary N) is 1. The van der Waals surface area contributed by atoms with E-state index in [1.165, 1.54) is 7.05 Å². The van der Waals surface area contributed by atoms with E-state index in [1.807, 2.05) is 12.1 Å². The van der Waals surface area contributed by atoms with E-state index < -0.39 is 10.0 Å². The fourth-order valence-electron chi connectivity index (χ4n) is 2.01. The first kappa shape index (κ1) is 11.6. The second kappa shape index (κ2) is 4.16. The van der Waals surface area contributed by atoms with Crippen molar-refractivity contribution in [1.82, 2.24) is 4.72 Å². The van der Waals surface area contributed by atoms with Crippen LogP contribution in [0, 0.1) is 0 Å². The monoisotopic (exact) mass is 241 g/mol. The Morgan fingerprint density at radius 2 is 1.94 bits per heavy atom. The molecule has 0 saturated heterocycles. The van der Waals surface area contributed by atoms with Crippen LogP contribution >= 0.6 is 0 Å². The van der Waals surface area contributed by atoms with Gasteiger partial charge in [-0.3, -0.25) is 0 Å². The summed E-state index contributed by atoms with van der Waals surface area (Å²) >= 11 is 0. The molecule has 1 aromatic rings. The van der Waals surface area contributed by atoms with Crippen molar-refractivity contribution in [3.8, 4) is 0 Å². The second-order valence-corrected chi connectivity index (χ2v) is 5.92. The first-order valence-corrected chi connectivity index (χ1v) is 6.73. The Morgan fingerprint density at radius 3 is 2.50 bits per heavy atom. The van der Waals surface area contributed by atoms with E-state index in [-0.39, 0.29) is 12.0 Å². The number of hydrogen-bond donors (Lipinski definition) is 2. The van der Waals surface area contributed by atoms with Gasteiger partial charge >= 0.3 is 0 Å². The van der Waals surface area contributed by atoms with E-state index in [0.29, 0.717) is 17.7 Å². The van der Waals surface area contributed by atoms with Crippen LogP contribution in [0.5, 0.6) is 0 Å². The van der Waals surface area contributed by atoms with Crippen molar-refractivity contribution in [2.24, 2.45) is 0 Å². The Hall–Kier alpha value is -0.910. The predicted octanol–water partition coefficient (Wildman–Crippen LogP) is 0.833. The summed E-state index contributed by atoms with van der Waals surface area (Å²) in [6.07, 6.45) is 1.02. The van der Waals surface area contributed by atoms with Crippen molar-refractivity contribution < 1.29 is 13.5 Å². The zero-order valence-electron chi connectivity index (χ0n) is 9.05. The second-order valence-electron chi connectivity index (χ2n) is 4.07. The van der Waals surface area contributed by atoms with Gasteiger partial charge in [-0.15, -0.1) is 0 Å². The van der Waals surface area contributed by atoms with Gasteiger partial charge in [0.15, 0.2) is 0 Å². The maximum Gasteiger partial charge on any atom is 0.240 e. The lowest BCUT2D eigenvalue weighted by molar-refractivity contribution is 0.0737. The van der Waals surface area contributed by atoms with Crippen LogP contribution in [0.25, 0.3) is 0 Å². The summed E-state index contributed by atoms with van der Waals surface area (Å²) in [5.41, 5.74) is 0.808. The van der Waals surface area contributed by atoms with Crippen molar-refractivity contribution in [2.45, 2.75) is 29.8 Å². The minimum Gasteiger partial charge on any atom is -0.393 e. The van der Waals surface area contributed by atoms with E-state index in [9.17, 15) is 13.5 Å². The van der Waals surface area contributed by atoms with Crippen molar-refractivity contribution in [3.63, 3.8) is 0 Å². The highest BCUT2D eigenvalue weighted by molar-refractivity contribution is 7.89. The standard InChI is InChI=1S/C11H15NO3S/c1-12-16(14,15)11-5-3-2-4-10(11)8-6-9(13)7-8/h2-5,8-9,12-13H,6-7H2,1H3. The van der Waals surface area contributed by atoms with Crippen molar-refractivity contribution in [1.29, 1.82) is 0 Å². The Labute approximate surface area is 95.4 Å². The molecule has 0 aromatic heterocycles. The van der Waals surface area contributed by atoms with Crippen molar-refractivity contribution in [2.75, 3.05) is 7.05 Å². The number of rotatable bonds is 3. The molecule has 0 bridgehead atoms. The molecule has 0 radical (unpaired) electrons. The third-order valence-electron chi connectivity index (χ3n) is 3.03. The summed E-state index contributed by atoms with van der Waals surface area (Å²) < 4.78 is 25.9. The highest BCUT2D eigenvalue weighted by Crippen LogP contribution is 2.39. The molecule has 0 atom stereocenters. The van der Waals surface area contributed by atoms with Crippen LogP contribution < -0.4 is 4.72 Å². The van der Waals surface area contributed by atoms with Crippen LogP contribution in [-0.2, 0) is 10.0 Å². The fourth-order valence-corrected chi connectivity index (χ4v) is 3.04. The molecule has 1 aromatic carbocycles.